The highest BCUT2D eigenvalue weighted by atomic mass is 19.4. The molecular formula is C25H29F4N3O5. The monoisotopic (exact) mass is 527 g/mol. The Morgan fingerprint density at radius 1 is 1.05 bits per heavy atom. The van der Waals surface area contributed by atoms with E-state index in [-0.39, 0.29) is 23.7 Å². The highest BCUT2D eigenvalue weighted by molar-refractivity contribution is 5.97. The lowest BCUT2D eigenvalue weighted by molar-refractivity contribution is -0.192. The largest absolute Gasteiger partial charge is 0.497 e. The fourth-order valence-electron chi connectivity index (χ4n) is 3.61. The number of carboxylic acids is 1. The Morgan fingerprint density at radius 3 is 2.08 bits per heavy atom. The van der Waals surface area contributed by atoms with Crippen molar-refractivity contribution in [3.05, 3.63) is 65.5 Å². The summed E-state index contributed by atoms with van der Waals surface area (Å²) in [7, 11) is 3.43. The first-order valence-electron chi connectivity index (χ1n) is 11.4. The summed E-state index contributed by atoms with van der Waals surface area (Å²) in [5, 5.41) is 10.1. The van der Waals surface area contributed by atoms with Gasteiger partial charge in [0.25, 0.3) is 0 Å². The van der Waals surface area contributed by atoms with E-state index in [1.165, 1.54) is 24.3 Å². The summed E-state index contributed by atoms with van der Waals surface area (Å²) in [5.74, 6) is -2.33. The van der Waals surface area contributed by atoms with Gasteiger partial charge in [-0.15, -0.1) is 0 Å². The second-order valence-corrected chi connectivity index (χ2v) is 8.36. The molecule has 37 heavy (non-hydrogen) atoms. The fourth-order valence-corrected chi connectivity index (χ4v) is 3.61. The van der Waals surface area contributed by atoms with Crippen LogP contribution < -0.4 is 10.1 Å². The summed E-state index contributed by atoms with van der Waals surface area (Å²) < 4.78 is 49.9. The van der Waals surface area contributed by atoms with E-state index in [1.807, 2.05) is 31.3 Å². The van der Waals surface area contributed by atoms with Gasteiger partial charge < -0.3 is 20.1 Å². The van der Waals surface area contributed by atoms with Crippen LogP contribution >= 0.6 is 0 Å². The van der Waals surface area contributed by atoms with Gasteiger partial charge in [-0.1, -0.05) is 12.1 Å². The van der Waals surface area contributed by atoms with Crippen LogP contribution in [0.15, 0.2) is 48.5 Å². The van der Waals surface area contributed by atoms with Crippen LogP contribution in [0.25, 0.3) is 0 Å². The Bertz CT molecular complexity index is 1040. The van der Waals surface area contributed by atoms with Gasteiger partial charge in [0.15, 0.2) is 5.78 Å². The minimum Gasteiger partial charge on any atom is -0.497 e. The van der Waals surface area contributed by atoms with E-state index in [1.54, 1.807) is 12.0 Å². The van der Waals surface area contributed by atoms with Crippen molar-refractivity contribution in [1.29, 1.82) is 0 Å². The Morgan fingerprint density at radius 2 is 1.59 bits per heavy atom. The van der Waals surface area contributed by atoms with Crippen molar-refractivity contribution in [2.45, 2.75) is 31.6 Å². The first-order chi connectivity index (χ1) is 17.4. The standard InChI is InChI=1S/C23H28FN3O3.C2HF3O2/c1-26(23(29)25-15-17-3-9-21(30-2)10-4-17)20-11-13-27(14-12-20)16-22(28)18-5-7-19(24)8-6-18;3-2(4,5)1(6)7/h3-10,20H,11-16H2,1-2H3,(H,25,29);(H,6,7). The SMILES string of the molecule is COc1ccc(CNC(=O)N(C)C2CCN(CC(=O)c3ccc(F)cc3)CC2)cc1.O=C(O)C(F)(F)F. The Balaban J connectivity index is 0.000000604. The number of nitrogens with one attached hydrogen (secondary N) is 1. The molecule has 0 radical (unpaired) electrons. The molecule has 1 fully saturated rings. The van der Waals surface area contributed by atoms with E-state index in [2.05, 4.69) is 10.2 Å². The smallest absolute Gasteiger partial charge is 0.490 e. The van der Waals surface area contributed by atoms with Crippen molar-refractivity contribution in [3.63, 3.8) is 0 Å². The lowest BCUT2D eigenvalue weighted by atomic mass is 10.0. The number of halogens is 4. The highest BCUT2D eigenvalue weighted by Crippen LogP contribution is 2.17. The predicted molar refractivity (Wildman–Crippen MR) is 127 cm³/mol. The average Bonchev–Trinajstić information content (AvgIpc) is 2.87. The van der Waals surface area contributed by atoms with Crippen LogP contribution in [0.3, 0.4) is 0 Å². The quantitative estimate of drug-likeness (QED) is 0.418. The molecule has 0 aromatic heterocycles. The summed E-state index contributed by atoms with van der Waals surface area (Å²) in [4.78, 5) is 37.6. The number of carbonyl (C=O) groups is 3. The van der Waals surface area contributed by atoms with Crippen molar-refractivity contribution in [2.75, 3.05) is 33.8 Å². The van der Waals surface area contributed by atoms with Crippen LogP contribution in [0, 0.1) is 5.82 Å². The fraction of sp³-hybridized carbons (Fsp3) is 0.400. The Labute approximate surface area is 211 Å². The number of ketones is 1. The van der Waals surface area contributed by atoms with Crippen LogP contribution in [-0.4, -0.2) is 78.7 Å². The van der Waals surface area contributed by atoms with Gasteiger partial charge in [-0.3, -0.25) is 9.69 Å². The number of methoxy groups -OCH3 is 1. The van der Waals surface area contributed by atoms with Gasteiger partial charge in [-0.25, -0.2) is 14.0 Å². The van der Waals surface area contributed by atoms with Gasteiger partial charge >= 0.3 is 18.2 Å². The molecule has 2 aromatic carbocycles. The summed E-state index contributed by atoms with van der Waals surface area (Å²) >= 11 is 0. The number of rotatable bonds is 7. The van der Waals surface area contributed by atoms with Gasteiger partial charge in [0.1, 0.15) is 11.6 Å². The number of Topliss-reactive ketones (excluding diaryl/α,β-unsaturated/α-hetero) is 1. The van der Waals surface area contributed by atoms with Crippen molar-refractivity contribution >= 4 is 17.8 Å². The third-order valence-electron chi connectivity index (χ3n) is 5.80. The average molecular weight is 528 g/mol. The number of ether oxygens (including phenoxy) is 1. The number of nitrogens with zero attached hydrogens (tertiary/aromatic N) is 2. The van der Waals surface area contributed by atoms with Gasteiger partial charge in [-0.2, -0.15) is 13.2 Å². The number of alkyl halides is 3. The lowest BCUT2D eigenvalue weighted by Crippen LogP contribution is -2.49. The zero-order valence-electron chi connectivity index (χ0n) is 20.4. The van der Waals surface area contributed by atoms with Gasteiger partial charge in [-0.05, 0) is 54.8 Å². The number of carboxylic acid groups (broad SMARTS) is 1. The van der Waals surface area contributed by atoms with E-state index >= 15 is 0 Å². The first kappa shape index (κ1) is 29.6. The number of urea groups is 1. The van der Waals surface area contributed by atoms with Crippen LogP contribution in [0.1, 0.15) is 28.8 Å². The van der Waals surface area contributed by atoms with Crippen LogP contribution in [0.2, 0.25) is 0 Å². The maximum Gasteiger partial charge on any atom is 0.490 e. The molecule has 1 aliphatic heterocycles. The molecule has 3 rings (SSSR count). The summed E-state index contributed by atoms with van der Waals surface area (Å²) in [6.07, 6.45) is -3.47. The molecule has 0 atom stereocenters. The molecule has 2 N–H and O–H groups in total. The summed E-state index contributed by atoms with van der Waals surface area (Å²) in [6, 6.07) is 13.3. The van der Waals surface area contributed by atoms with E-state index in [9.17, 15) is 27.2 Å². The maximum atomic E-state index is 13.0. The summed E-state index contributed by atoms with van der Waals surface area (Å²) in [5.41, 5.74) is 1.53. The number of amides is 2. The zero-order valence-corrected chi connectivity index (χ0v) is 20.4. The topological polar surface area (TPSA) is 99.2 Å². The molecule has 0 aliphatic carbocycles. The second-order valence-electron chi connectivity index (χ2n) is 8.36. The number of aliphatic carboxylic acids is 1. The van der Waals surface area contributed by atoms with Gasteiger partial charge in [0.05, 0.1) is 13.7 Å². The number of likely N-dealkylation sites (tertiary alicyclic amines) is 1. The minimum absolute atomic E-state index is 0.0148. The molecule has 0 saturated carbocycles. The van der Waals surface area contributed by atoms with Crippen molar-refractivity contribution in [2.24, 2.45) is 0 Å². The van der Waals surface area contributed by atoms with E-state index in [0.29, 0.717) is 18.7 Å². The number of carbonyl (C=O) groups excluding carboxylic acids is 2. The first-order valence-corrected chi connectivity index (χ1v) is 11.4. The lowest BCUT2D eigenvalue weighted by Gasteiger charge is -2.36. The van der Waals surface area contributed by atoms with Crippen molar-refractivity contribution in [1.82, 2.24) is 15.1 Å². The van der Waals surface area contributed by atoms with Crippen molar-refractivity contribution in [3.8, 4) is 5.75 Å². The zero-order chi connectivity index (χ0) is 27.6. The number of hydrogen-bond donors (Lipinski definition) is 2. The van der Waals surface area contributed by atoms with Gasteiger partial charge in [0, 0.05) is 38.3 Å². The van der Waals surface area contributed by atoms with Crippen LogP contribution in [0.5, 0.6) is 5.75 Å². The Hall–Kier alpha value is -3.67. The second kappa shape index (κ2) is 13.6. The molecule has 2 aromatic rings. The molecule has 8 nitrogen and oxygen atoms in total. The highest BCUT2D eigenvalue weighted by Gasteiger charge is 2.38. The third-order valence-corrected chi connectivity index (χ3v) is 5.80. The van der Waals surface area contributed by atoms with E-state index in [4.69, 9.17) is 14.6 Å². The number of piperidine rings is 1. The molecule has 1 aliphatic rings. The third kappa shape index (κ3) is 9.71. The van der Waals surface area contributed by atoms with E-state index in [0.717, 1.165) is 37.2 Å². The van der Waals surface area contributed by atoms with Gasteiger partial charge in [0.2, 0.25) is 0 Å². The predicted octanol–water partition coefficient (Wildman–Crippen LogP) is 3.96. The van der Waals surface area contributed by atoms with Crippen molar-refractivity contribution < 1.29 is 41.8 Å². The molecule has 1 heterocycles. The normalized spacial score (nSPS) is 14.2. The molecule has 0 spiro atoms. The molecule has 0 bridgehead atoms. The van der Waals surface area contributed by atoms with Crippen LogP contribution in [0.4, 0.5) is 22.4 Å². The molecular weight excluding hydrogens is 498 g/mol. The number of benzene rings is 2. The Kier molecular flexibility index (Phi) is 10.9. The maximum absolute atomic E-state index is 13.0. The van der Waals surface area contributed by atoms with Crippen LogP contribution in [-0.2, 0) is 11.3 Å². The number of hydrogen-bond acceptors (Lipinski definition) is 5. The molecule has 0 unspecified atom stereocenters. The summed E-state index contributed by atoms with van der Waals surface area (Å²) in [6.45, 7) is 2.26. The van der Waals surface area contributed by atoms with E-state index < -0.39 is 12.1 Å². The minimum atomic E-state index is -5.08. The molecule has 2 amide bonds. The molecule has 1 saturated heterocycles. The molecule has 12 heteroatoms. The molecule has 202 valence electrons.